The molecule has 26 heavy (non-hydrogen) atoms. The number of benzene rings is 1. The topological polar surface area (TPSA) is 120 Å². The van der Waals surface area contributed by atoms with Gasteiger partial charge in [-0.3, -0.25) is 4.79 Å². The Labute approximate surface area is 155 Å². The Morgan fingerprint density at radius 1 is 1.08 bits per heavy atom. The van der Waals surface area contributed by atoms with E-state index in [1.807, 2.05) is 12.1 Å². The summed E-state index contributed by atoms with van der Waals surface area (Å²) >= 11 is 0. The normalized spacial score (nSPS) is 11.3. The zero-order valence-electron chi connectivity index (χ0n) is 15.4. The highest BCUT2D eigenvalue weighted by molar-refractivity contribution is 7.89. The van der Waals surface area contributed by atoms with Crippen molar-refractivity contribution in [3.05, 3.63) is 29.3 Å². The van der Waals surface area contributed by atoms with Gasteiger partial charge in [-0.25, -0.2) is 13.6 Å². The number of nitrogens with two attached hydrogens (primary N) is 1. The smallest absolute Gasteiger partial charge is 0.222 e. The molecule has 1 rings (SSSR count). The first-order valence-corrected chi connectivity index (χ1v) is 10.2. The number of nitrogens with one attached hydrogen (secondary N) is 2. The zero-order valence-corrected chi connectivity index (χ0v) is 16.2. The molecule has 0 aliphatic carbocycles. The van der Waals surface area contributed by atoms with Gasteiger partial charge in [-0.1, -0.05) is 12.1 Å². The van der Waals surface area contributed by atoms with Crippen molar-refractivity contribution in [3.8, 4) is 0 Å². The molecular weight excluding hydrogens is 358 g/mol. The fourth-order valence-corrected chi connectivity index (χ4v) is 2.49. The third-order valence-corrected chi connectivity index (χ3v) is 4.49. The number of hydrogen-bond donors (Lipinski definition) is 3. The fourth-order valence-electron chi connectivity index (χ4n) is 2.11. The summed E-state index contributed by atoms with van der Waals surface area (Å²) in [6.07, 6.45) is 0.165. The lowest BCUT2D eigenvalue weighted by atomic mass is 10.1. The number of rotatable bonds is 13. The summed E-state index contributed by atoms with van der Waals surface area (Å²) in [5.41, 5.74) is 3.59. The number of primary sulfonamides is 1. The molecule has 0 heterocycles. The van der Waals surface area contributed by atoms with E-state index in [2.05, 4.69) is 30.5 Å². The summed E-state index contributed by atoms with van der Waals surface area (Å²) in [5.74, 6) is -0.545. The summed E-state index contributed by atoms with van der Waals surface area (Å²) in [7, 11) is -3.55. The van der Waals surface area contributed by atoms with E-state index in [4.69, 9.17) is 14.6 Å². The van der Waals surface area contributed by atoms with Gasteiger partial charge in [0, 0.05) is 25.2 Å². The van der Waals surface area contributed by atoms with E-state index in [9.17, 15) is 13.2 Å². The van der Waals surface area contributed by atoms with Crippen LogP contribution in [0, 0.1) is 13.8 Å². The van der Waals surface area contributed by atoms with Gasteiger partial charge >= 0.3 is 0 Å². The van der Waals surface area contributed by atoms with Crippen LogP contribution in [-0.4, -0.2) is 59.6 Å². The fraction of sp³-hybridized carbons (Fsp3) is 0.588. The minimum Gasteiger partial charge on any atom is -0.383 e. The van der Waals surface area contributed by atoms with Gasteiger partial charge < -0.3 is 20.1 Å². The van der Waals surface area contributed by atoms with Crippen LogP contribution in [0.4, 0.5) is 5.69 Å². The van der Waals surface area contributed by atoms with Gasteiger partial charge in [-0.15, -0.1) is 0 Å². The molecule has 1 amide bonds. The third kappa shape index (κ3) is 10.3. The third-order valence-electron chi connectivity index (χ3n) is 3.72. The SMILES string of the molecule is Cc1cccc(NCCOCCOCCC(=O)NCCS(N)(=O)=O)c1C. The predicted octanol–water partition coefficient (Wildman–Crippen LogP) is 0.543. The second kappa shape index (κ2) is 11.8. The molecule has 0 unspecified atom stereocenters. The van der Waals surface area contributed by atoms with Crippen LogP contribution in [0.15, 0.2) is 18.2 Å². The van der Waals surface area contributed by atoms with E-state index in [0.717, 1.165) is 5.69 Å². The maximum atomic E-state index is 11.4. The average molecular weight is 388 g/mol. The van der Waals surface area contributed by atoms with Crippen LogP contribution >= 0.6 is 0 Å². The van der Waals surface area contributed by atoms with E-state index < -0.39 is 10.0 Å². The van der Waals surface area contributed by atoms with Crippen molar-refractivity contribution in [3.63, 3.8) is 0 Å². The number of ether oxygens (including phenoxy) is 2. The van der Waals surface area contributed by atoms with E-state index in [1.165, 1.54) is 11.1 Å². The minimum absolute atomic E-state index is 0.00813. The van der Waals surface area contributed by atoms with E-state index >= 15 is 0 Å². The van der Waals surface area contributed by atoms with Crippen molar-refractivity contribution < 1.29 is 22.7 Å². The van der Waals surface area contributed by atoms with Crippen LogP contribution in [0.2, 0.25) is 0 Å². The quantitative estimate of drug-likeness (QED) is 0.425. The highest BCUT2D eigenvalue weighted by Gasteiger charge is 2.05. The van der Waals surface area contributed by atoms with E-state index in [0.29, 0.717) is 26.4 Å². The maximum absolute atomic E-state index is 11.4. The van der Waals surface area contributed by atoms with Crippen molar-refractivity contribution in [1.29, 1.82) is 0 Å². The van der Waals surface area contributed by atoms with Crippen LogP contribution in [0.3, 0.4) is 0 Å². The van der Waals surface area contributed by atoms with Gasteiger partial charge in [-0.05, 0) is 31.0 Å². The van der Waals surface area contributed by atoms with Gasteiger partial charge in [0.15, 0.2) is 0 Å². The number of carbonyl (C=O) groups is 1. The van der Waals surface area contributed by atoms with Crippen LogP contribution in [0.1, 0.15) is 17.5 Å². The molecule has 8 nitrogen and oxygen atoms in total. The Balaban J connectivity index is 1.96. The summed E-state index contributed by atoms with van der Waals surface area (Å²) < 4.78 is 32.2. The Hall–Kier alpha value is -1.68. The molecule has 148 valence electrons. The van der Waals surface area contributed by atoms with E-state index in [-0.39, 0.29) is 31.2 Å². The van der Waals surface area contributed by atoms with Gasteiger partial charge in [0.1, 0.15) is 0 Å². The zero-order chi connectivity index (χ0) is 19.4. The summed E-state index contributed by atoms with van der Waals surface area (Å²) in [6, 6.07) is 6.14. The van der Waals surface area contributed by atoms with Crippen LogP contribution in [-0.2, 0) is 24.3 Å². The van der Waals surface area contributed by atoms with Gasteiger partial charge in [0.2, 0.25) is 15.9 Å². The Bertz CT molecular complexity index is 664. The minimum atomic E-state index is -3.55. The van der Waals surface area contributed by atoms with Crippen molar-refractivity contribution in [2.75, 3.05) is 50.6 Å². The molecule has 1 aromatic carbocycles. The van der Waals surface area contributed by atoms with Gasteiger partial charge in [-0.2, -0.15) is 0 Å². The van der Waals surface area contributed by atoms with Crippen LogP contribution < -0.4 is 15.8 Å². The number of hydrogen-bond acceptors (Lipinski definition) is 6. The molecule has 0 saturated heterocycles. The first-order chi connectivity index (χ1) is 12.3. The number of amides is 1. The number of anilines is 1. The molecule has 0 saturated carbocycles. The second-order valence-electron chi connectivity index (χ2n) is 5.87. The maximum Gasteiger partial charge on any atom is 0.222 e. The standard InChI is InChI=1S/C17H29N3O5S/c1-14-4-3-5-16(15(14)2)19-7-10-25-12-11-24-9-6-17(21)20-8-13-26(18,22)23/h3-5,19H,6-13H2,1-2H3,(H,20,21)(H2,18,22,23). The van der Waals surface area contributed by atoms with Crippen LogP contribution in [0.5, 0.6) is 0 Å². The molecule has 0 radical (unpaired) electrons. The Morgan fingerprint density at radius 3 is 2.46 bits per heavy atom. The highest BCUT2D eigenvalue weighted by Crippen LogP contribution is 2.17. The van der Waals surface area contributed by atoms with E-state index in [1.54, 1.807) is 0 Å². The largest absolute Gasteiger partial charge is 0.383 e. The lowest BCUT2D eigenvalue weighted by Crippen LogP contribution is -2.32. The molecule has 0 fully saturated rings. The Morgan fingerprint density at radius 2 is 1.77 bits per heavy atom. The van der Waals surface area contributed by atoms with Crippen molar-refractivity contribution in [2.45, 2.75) is 20.3 Å². The van der Waals surface area contributed by atoms with Crippen LogP contribution in [0.25, 0.3) is 0 Å². The molecule has 0 spiro atoms. The molecule has 0 bridgehead atoms. The molecular formula is C17H29N3O5S. The van der Waals surface area contributed by atoms with Gasteiger partial charge in [0.05, 0.1) is 32.2 Å². The monoisotopic (exact) mass is 387 g/mol. The molecule has 4 N–H and O–H groups in total. The number of sulfonamides is 1. The highest BCUT2D eigenvalue weighted by atomic mass is 32.2. The molecule has 0 aromatic heterocycles. The molecule has 9 heteroatoms. The second-order valence-corrected chi connectivity index (χ2v) is 7.60. The summed E-state index contributed by atoms with van der Waals surface area (Å²) in [5, 5.41) is 10.6. The lowest BCUT2D eigenvalue weighted by molar-refractivity contribution is -0.122. The van der Waals surface area contributed by atoms with Crippen molar-refractivity contribution in [1.82, 2.24) is 5.32 Å². The lowest BCUT2D eigenvalue weighted by Gasteiger charge is -2.11. The van der Waals surface area contributed by atoms with Gasteiger partial charge in [0.25, 0.3) is 0 Å². The summed E-state index contributed by atoms with van der Waals surface area (Å²) in [4.78, 5) is 11.4. The number of carbonyl (C=O) groups excluding carboxylic acids is 1. The van der Waals surface area contributed by atoms with Crippen molar-refractivity contribution in [2.24, 2.45) is 5.14 Å². The Kier molecular flexibility index (Phi) is 10.2. The molecule has 1 aromatic rings. The molecule has 0 aliphatic rings. The number of aryl methyl sites for hydroxylation is 1. The first kappa shape index (κ1) is 22.4. The molecule has 0 atom stereocenters. The van der Waals surface area contributed by atoms with Crippen molar-refractivity contribution >= 4 is 21.6 Å². The average Bonchev–Trinajstić information content (AvgIpc) is 2.55. The molecule has 0 aliphatic heterocycles. The summed E-state index contributed by atoms with van der Waals surface area (Å²) in [6.45, 7) is 6.53. The first-order valence-electron chi connectivity index (χ1n) is 8.52. The predicted molar refractivity (Wildman–Crippen MR) is 102 cm³/mol.